The maximum atomic E-state index is 9.15. The smallest absolute Gasteiger partial charge is 0.0512 e. The summed E-state index contributed by atoms with van der Waals surface area (Å²) in [6.45, 7) is 7.65. The molecular weight excluding hydrogens is 186 g/mol. The largest absolute Gasteiger partial charge is 0.393 e. The maximum Gasteiger partial charge on any atom is 0.0512 e. The van der Waals surface area contributed by atoms with E-state index in [0.29, 0.717) is 0 Å². The van der Waals surface area contributed by atoms with Crippen LogP contribution in [-0.4, -0.2) is 23.8 Å². The van der Waals surface area contributed by atoms with Crippen LogP contribution >= 0.6 is 0 Å². The van der Waals surface area contributed by atoms with Gasteiger partial charge in [0.05, 0.1) is 6.10 Å². The summed E-state index contributed by atoms with van der Waals surface area (Å²) in [5.41, 5.74) is 0. The lowest BCUT2D eigenvalue weighted by Gasteiger charge is -2.33. The van der Waals surface area contributed by atoms with Crippen LogP contribution in [0.4, 0.5) is 0 Å². The van der Waals surface area contributed by atoms with E-state index in [1.165, 1.54) is 19.3 Å². The molecule has 1 aliphatic carbocycles. The van der Waals surface area contributed by atoms with Gasteiger partial charge in [0.2, 0.25) is 0 Å². The molecule has 0 aliphatic heterocycles. The molecule has 15 heavy (non-hydrogen) atoms. The van der Waals surface area contributed by atoms with Crippen molar-refractivity contribution in [2.75, 3.05) is 6.54 Å². The van der Waals surface area contributed by atoms with Gasteiger partial charge in [-0.2, -0.15) is 0 Å². The molecule has 0 aromatic carbocycles. The molecule has 0 bridgehead atoms. The quantitative estimate of drug-likeness (QED) is 0.688. The first-order chi connectivity index (χ1) is 7.09. The zero-order valence-electron chi connectivity index (χ0n) is 10.5. The molecule has 2 heteroatoms. The van der Waals surface area contributed by atoms with Gasteiger partial charge in [-0.1, -0.05) is 13.8 Å². The van der Waals surface area contributed by atoms with Crippen molar-refractivity contribution in [2.24, 2.45) is 11.8 Å². The molecule has 0 spiro atoms. The standard InChI is InChI=1S/C13H27NO/c1-10-6-7-13(11(2)9-10)14-8-4-5-12(3)15/h10-15H,4-9H2,1-3H3. The third-order valence-electron chi connectivity index (χ3n) is 3.64. The molecule has 1 rings (SSSR count). The lowest BCUT2D eigenvalue weighted by atomic mass is 9.80. The topological polar surface area (TPSA) is 32.3 Å². The van der Waals surface area contributed by atoms with Crippen LogP contribution in [0.3, 0.4) is 0 Å². The van der Waals surface area contributed by atoms with Crippen molar-refractivity contribution in [3.8, 4) is 0 Å². The van der Waals surface area contributed by atoms with E-state index in [1.54, 1.807) is 0 Å². The molecule has 1 fully saturated rings. The highest BCUT2D eigenvalue weighted by atomic mass is 16.3. The summed E-state index contributed by atoms with van der Waals surface area (Å²) < 4.78 is 0. The average molecular weight is 213 g/mol. The zero-order valence-corrected chi connectivity index (χ0v) is 10.5. The second-order valence-corrected chi connectivity index (χ2v) is 5.45. The number of aliphatic hydroxyl groups is 1. The monoisotopic (exact) mass is 213 g/mol. The van der Waals surface area contributed by atoms with Gasteiger partial charge < -0.3 is 10.4 Å². The van der Waals surface area contributed by atoms with Crippen LogP contribution in [0, 0.1) is 11.8 Å². The molecule has 0 radical (unpaired) electrons. The van der Waals surface area contributed by atoms with Crippen LogP contribution in [-0.2, 0) is 0 Å². The zero-order chi connectivity index (χ0) is 11.3. The summed E-state index contributed by atoms with van der Waals surface area (Å²) >= 11 is 0. The van der Waals surface area contributed by atoms with Gasteiger partial charge in [0.15, 0.2) is 0 Å². The SMILES string of the molecule is CC(O)CCCNC1CCC(C)CC1C. The Labute approximate surface area is 94.5 Å². The molecular formula is C13H27NO. The first-order valence-corrected chi connectivity index (χ1v) is 6.51. The van der Waals surface area contributed by atoms with Gasteiger partial charge >= 0.3 is 0 Å². The van der Waals surface area contributed by atoms with Gasteiger partial charge in [-0.05, 0) is 57.4 Å². The van der Waals surface area contributed by atoms with Crippen LogP contribution < -0.4 is 5.32 Å². The highest BCUT2D eigenvalue weighted by Gasteiger charge is 2.24. The van der Waals surface area contributed by atoms with Crippen LogP contribution in [0.15, 0.2) is 0 Å². The minimum atomic E-state index is -0.143. The van der Waals surface area contributed by atoms with E-state index in [-0.39, 0.29) is 6.10 Å². The Morgan fingerprint density at radius 3 is 2.67 bits per heavy atom. The van der Waals surface area contributed by atoms with Crippen molar-refractivity contribution in [3.05, 3.63) is 0 Å². The summed E-state index contributed by atoms with van der Waals surface area (Å²) in [7, 11) is 0. The van der Waals surface area contributed by atoms with Gasteiger partial charge in [0, 0.05) is 6.04 Å². The molecule has 4 unspecified atom stereocenters. The van der Waals surface area contributed by atoms with Crippen molar-refractivity contribution in [1.82, 2.24) is 5.32 Å². The molecule has 1 saturated carbocycles. The minimum Gasteiger partial charge on any atom is -0.393 e. The number of hydrogen-bond acceptors (Lipinski definition) is 2. The fraction of sp³-hybridized carbons (Fsp3) is 1.00. The summed E-state index contributed by atoms with van der Waals surface area (Å²) in [6, 6.07) is 0.718. The van der Waals surface area contributed by atoms with Gasteiger partial charge in [-0.25, -0.2) is 0 Å². The molecule has 1 aliphatic rings. The molecule has 0 aromatic heterocycles. The molecule has 2 nitrogen and oxygen atoms in total. The Morgan fingerprint density at radius 1 is 1.33 bits per heavy atom. The highest BCUT2D eigenvalue weighted by molar-refractivity contribution is 4.80. The van der Waals surface area contributed by atoms with Gasteiger partial charge in [-0.15, -0.1) is 0 Å². The lowest BCUT2D eigenvalue weighted by Crippen LogP contribution is -2.39. The minimum absolute atomic E-state index is 0.143. The van der Waals surface area contributed by atoms with E-state index < -0.39 is 0 Å². The second-order valence-electron chi connectivity index (χ2n) is 5.45. The van der Waals surface area contributed by atoms with E-state index >= 15 is 0 Å². The second kappa shape index (κ2) is 6.49. The first-order valence-electron chi connectivity index (χ1n) is 6.51. The summed E-state index contributed by atoms with van der Waals surface area (Å²) in [6.07, 6.45) is 5.94. The molecule has 0 heterocycles. The number of hydrogen-bond donors (Lipinski definition) is 2. The normalized spacial score (nSPS) is 34.0. The Balaban J connectivity index is 2.10. The summed E-state index contributed by atoms with van der Waals surface area (Å²) in [5.74, 6) is 1.73. The van der Waals surface area contributed by atoms with Crippen molar-refractivity contribution in [3.63, 3.8) is 0 Å². The van der Waals surface area contributed by atoms with Crippen LogP contribution in [0.5, 0.6) is 0 Å². The number of nitrogens with one attached hydrogen (secondary N) is 1. The predicted octanol–water partition coefficient (Wildman–Crippen LogP) is 2.56. The molecule has 2 N–H and O–H groups in total. The van der Waals surface area contributed by atoms with E-state index in [9.17, 15) is 0 Å². The Kier molecular flexibility index (Phi) is 5.62. The van der Waals surface area contributed by atoms with E-state index in [0.717, 1.165) is 37.3 Å². The average Bonchev–Trinajstić information content (AvgIpc) is 2.14. The van der Waals surface area contributed by atoms with Crippen LogP contribution in [0.25, 0.3) is 0 Å². The van der Waals surface area contributed by atoms with Crippen LogP contribution in [0.1, 0.15) is 52.9 Å². The van der Waals surface area contributed by atoms with E-state index in [4.69, 9.17) is 5.11 Å². The molecule has 4 atom stereocenters. The third kappa shape index (κ3) is 4.98. The van der Waals surface area contributed by atoms with Crippen molar-refractivity contribution < 1.29 is 5.11 Å². The Hall–Kier alpha value is -0.0800. The molecule has 90 valence electrons. The van der Waals surface area contributed by atoms with Crippen molar-refractivity contribution in [2.45, 2.75) is 65.0 Å². The number of rotatable bonds is 5. The van der Waals surface area contributed by atoms with E-state index in [2.05, 4.69) is 19.2 Å². The fourth-order valence-electron chi connectivity index (χ4n) is 2.65. The highest BCUT2D eigenvalue weighted by Crippen LogP contribution is 2.28. The molecule has 0 saturated heterocycles. The van der Waals surface area contributed by atoms with Gasteiger partial charge in [0.1, 0.15) is 0 Å². The molecule has 0 amide bonds. The first kappa shape index (κ1) is 13.0. The predicted molar refractivity (Wildman–Crippen MR) is 64.9 cm³/mol. The van der Waals surface area contributed by atoms with E-state index in [1.807, 2.05) is 6.92 Å². The van der Waals surface area contributed by atoms with Gasteiger partial charge in [-0.3, -0.25) is 0 Å². The van der Waals surface area contributed by atoms with Gasteiger partial charge in [0.25, 0.3) is 0 Å². The van der Waals surface area contributed by atoms with Crippen molar-refractivity contribution >= 4 is 0 Å². The van der Waals surface area contributed by atoms with Crippen molar-refractivity contribution in [1.29, 1.82) is 0 Å². The Morgan fingerprint density at radius 2 is 2.07 bits per heavy atom. The van der Waals surface area contributed by atoms with Crippen LogP contribution in [0.2, 0.25) is 0 Å². The molecule has 0 aromatic rings. The fourth-order valence-corrected chi connectivity index (χ4v) is 2.65. The summed E-state index contributed by atoms with van der Waals surface area (Å²) in [5, 5.41) is 12.8. The maximum absolute atomic E-state index is 9.15. The Bertz CT molecular complexity index is 170. The third-order valence-corrected chi connectivity index (χ3v) is 3.64. The lowest BCUT2D eigenvalue weighted by molar-refractivity contribution is 0.177. The summed E-state index contributed by atoms with van der Waals surface area (Å²) in [4.78, 5) is 0. The number of aliphatic hydroxyl groups excluding tert-OH is 1.